The molecule has 0 spiro atoms. The van der Waals surface area contributed by atoms with Crippen LogP contribution in [0.5, 0.6) is 5.75 Å². The number of ether oxygens (including phenoxy) is 2. The van der Waals surface area contributed by atoms with Crippen LogP contribution < -0.4 is 15.8 Å². The molecule has 1 aromatic carbocycles. The van der Waals surface area contributed by atoms with Crippen LogP contribution in [0.2, 0.25) is 0 Å². The Balaban J connectivity index is 2.02. The lowest BCUT2D eigenvalue weighted by Crippen LogP contribution is -2.22. The number of benzene rings is 1. The van der Waals surface area contributed by atoms with Crippen LogP contribution in [0.3, 0.4) is 0 Å². The molecule has 2 rings (SSSR count). The van der Waals surface area contributed by atoms with Gasteiger partial charge in [-0.3, -0.25) is 0 Å². The SMILES string of the molecule is Cc1ccc(OCC2CNC(=O)O2)c(C(C)N)c1. The van der Waals surface area contributed by atoms with E-state index in [0.29, 0.717) is 13.2 Å². The summed E-state index contributed by atoms with van der Waals surface area (Å²) in [5, 5.41) is 2.59. The Morgan fingerprint density at radius 1 is 1.61 bits per heavy atom. The summed E-state index contributed by atoms with van der Waals surface area (Å²) in [4.78, 5) is 10.9. The van der Waals surface area contributed by atoms with Crippen molar-refractivity contribution in [2.45, 2.75) is 26.0 Å². The van der Waals surface area contributed by atoms with Gasteiger partial charge in [0.05, 0.1) is 6.54 Å². The van der Waals surface area contributed by atoms with E-state index in [1.807, 2.05) is 32.0 Å². The smallest absolute Gasteiger partial charge is 0.407 e. The van der Waals surface area contributed by atoms with E-state index in [0.717, 1.165) is 16.9 Å². The van der Waals surface area contributed by atoms with E-state index < -0.39 is 0 Å². The lowest BCUT2D eigenvalue weighted by Gasteiger charge is -2.16. The minimum atomic E-state index is -0.389. The Hall–Kier alpha value is -1.75. The number of alkyl carbamates (subject to hydrolysis) is 1. The van der Waals surface area contributed by atoms with Gasteiger partial charge in [-0.1, -0.05) is 17.7 Å². The fraction of sp³-hybridized carbons (Fsp3) is 0.462. The summed E-state index contributed by atoms with van der Waals surface area (Å²) in [5.74, 6) is 0.749. The molecule has 0 aromatic heterocycles. The number of amides is 1. The topological polar surface area (TPSA) is 73.6 Å². The molecule has 3 N–H and O–H groups in total. The number of rotatable bonds is 4. The third-order valence-corrected chi connectivity index (χ3v) is 2.83. The molecular weight excluding hydrogens is 232 g/mol. The molecule has 1 heterocycles. The van der Waals surface area contributed by atoms with Crippen molar-refractivity contribution in [3.05, 3.63) is 29.3 Å². The number of nitrogens with two attached hydrogens (primary N) is 1. The molecule has 5 heteroatoms. The van der Waals surface area contributed by atoms with Crippen LogP contribution in [0.25, 0.3) is 0 Å². The van der Waals surface area contributed by atoms with Crippen molar-refractivity contribution in [1.29, 1.82) is 0 Å². The molecule has 5 nitrogen and oxygen atoms in total. The van der Waals surface area contributed by atoms with Crippen molar-refractivity contribution in [3.8, 4) is 5.75 Å². The van der Waals surface area contributed by atoms with Gasteiger partial charge in [0.15, 0.2) is 6.10 Å². The molecule has 1 aliphatic rings. The Bertz CT molecular complexity index is 446. The number of hydrogen-bond donors (Lipinski definition) is 2. The first-order valence-corrected chi connectivity index (χ1v) is 5.99. The van der Waals surface area contributed by atoms with Gasteiger partial charge in [0.1, 0.15) is 12.4 Å². The number of carbonyl (C=O) groups excluding carboxylic acids is 1. The summed E-state index contributed by atoms with van der Waals surface area (Å²) in [7, 11) is 0. The Labute approximate surface area is 106 Å². The number of hydrogen-bond acceptors (Lipinski definition) is 4. The third kappa shape index (κ3) is 2.92. The summed E-state index contributed by atoms with van der Waals surface area (Å²) in [5.41, 5.74) is 8.02. The lowest BCUT2D eigenvalue weighted by molar-refractivity contribution is 0.104. The Kier molecular flexibility index (Phi) is 3.72. The second-order valence-corrected chi connectivity index (χ2v) is 4.55. The van der Waals surface area contributed by atoms with Crippen molar-refractivity contribution in [2.24, 2.45) is 5.73 Å². The van der Waals surface area contributed by atoms with Crippen molar-refractivity contribution < 1.29 is 14.3 Å². The van der Waals surface area contributed by atoms with E-state index in [4.69, 9.17) is 15.2 Å². The fourth-order valence-electron chi connectivity index (χ4n) is 1.86. The van der Waals surface area contributed by atoms with Gasteiger partial charge >= 0.3 is 6.09 Å². The molecule has 1 fully saturated rings. The largest absolute Gasteiger partial charge is 0.489 e. The first kappa shape index (κ1) is 12.7. The van der Waals surface area contributed by atoms with Crippen molar-refractivity contribution in [2.75, 3.05) is 13.2 Å². The van der Waals surface area contributed by atoms with E-state index in [9.17, 15) is 4.79 Å². The summed E-state index contributed by atoms with van der Waals surface area (Å²) < 4.78 is 10.7. The van der Waals surface area contributed by atoms with Crippen LogP contribution in [0.4, 0.5) is 4.79 Å². The predicted molar refractivity (Wildman–Crippen MR) is 67.5 cm³/mol. The zero-order chi connectivity index (χ0) is 13.1. The van der Waals surface area contributed by atoms with Gasteiger partial charge in [0.2, 0.25) is 0 Å². The molecule has 1 aromatic rings. The van der Waals surface area contributed by atoms with E-state index in [1.165, 1.54) is 0 Å². The highest BCUT2D eigenvalue weighted by atomic mass is 16.6. The molecule has 1 saturated heterocycles. The Morgan fingerprint density at radius 2 is 2.39 bits per heavy atom. The van der Waals surface area contributed by atoms with Gasteiger partial charge in [-0.25, -0.2) is 4.79 Å². The first-order chi connectivity index (χ1) is 8.56. The molecular formula is C13H18N2O3. The average Bonchev–Trinajstić information content (AvgIpc) is 2.73. The number of cyclic esters (lactones) is 1. The summed E-state index contributed by atoms with van der Waals surface area (Å²) in [6.07, 6.45) is -0.625. The summed E-state index contributed by atoms with van der Waals surface area (Å²) in [6, 6.07) is 5.79. The van der Waals surface area contributed by atoms with Gasteiger partial charge in [-0.15, -0.1) is 0 Å². The van der Waals surface area contributed by atoms with Crippen LogP contribution in [0.1, 0.15) is 24.1 Å². The molecule has 0 radical (unpaired) electrons. The fourth-order valence-corrected chi connectivity index (χ4v) is 1.86. The third-order valence-electron chi connectivity index (χ3n) is 2.83. The highest BCUT2D eigenvalue weighted by molar-refractivity contribution is 5.69. The normalized spacial score (nSPS) is 20.2. The minimum absolute atomic E-state index is 0.0934. The van der Waals surface area contributed by atoms with E-state index in [1.54, 1.807) is 0 Å². The van der Waals surface area contributed by atoms with Crippen molar-refractivity contribution in [3.63, 3.8) is 0 Å². The minimum Gasteiger partial charge on any atom is -0.489 e. The summed E-state index contributed by atoms with van der Waals surface area (Å²) >= 11 is 0. The number of carbonyl (C=O) groups is 1. The molecule has 0 saturated carbocycles. The quantitative estimate of drug-likeness (QED) is 0.849. The van der Waals surface area contributed by atoms with E-state index >= 15 is 0 Å². The van der Waals surface area contributed by atoms with Gasteiger partial charge in [0.25, 0.3) is 0 Å². The monoisotopic (exact) mass is 250 g/mol. The molecule has 98 valence electrons. The number of aryl methyl sites for hydroxylation is 1. The maximum absolute atomic E-state index is 10.9. The molecule has 0 bridgehead atoms. The van der Waals surface area contributed by atoms with Gasteiger partial charge < -0.3 is 20.5 Å². The molecule has 18 heavy (non-hydrogen) atoms. The maximum atomic E-state index is 10.9. The molecule has 0 aliphatic carbocycles. The van der Waals surface area contributed by atoms with E-state index in [-0.39, 0.29) is 18.2 Å². The van der Waals surface area contributed by atoms with Crippen LogP contribution in [-0.2, 0) is 4.74 Å². The standard InChI is InChI=1S/C13H18N2O3/c1-8-3-4-12(11(5-8)9(2)14)17-7-10-6-15-13(16)18-10/h3-5,9-10H,6-7,14H2,1-2H3,(H,15,16). The summed E-state index contributed by atoms with van der Waals surface area (Å²) in [6.45, 7) is 4.75. The highest BCUT2D eigenvalue weighted by Crippen LogP contribution is 2.25. The zero-order valence-electron chi connectivity index (χ0n) is 10.6. The molecule has 1 amide bonds. The maximum Gasteiger partial charge on any atom is 0.407 e. The Morgan fingerprint density at radius 3 is 3.00 bits per heavy atom. The van der Waals surface area contributed by atoms with Gasteiger partial charge in [-0.2, -0.15) is 0 Å². The van der Waals surface area contributed by atoms with Gasteiger partial charge in [0, 0.05) is 11.6 Å². The van der Waals surface area contributed by atoms with Crippen LogP contribution >= 0.6 is 0 Å². The molecule has 2 unspecified atom stereocenters. The first-order valence-electron chi connectivity index (χ1n) is 5.99. The average molecular weight is 250 g/mol. The highest BCUT2D eigenvalue weighted by Gasteiger charge is 2.23. The molecule has 2 atom stereocenters. The van der Waals surface area contributed by atoms with E-state index in [2.05, 4.69) is 5.32 Å². The van der Waals surface area contributed by atoms with Crippen LogP contribution in [0.15, 0.2) is 18.2 Å². The van der Waals surface area contributed by atoms with Crippen molar-refractivity contribution in [1.82, 2.24) is 5.32 Å². The van der Waals surface area contributed by atoms with Crippen LogP contribution in [-0.4, -0.2) is 25.3 Å². The molecule has 1 aliphatic heterocycles. The second kappa shape index (κ2) is 5.27. The predicted octanol–water partition coefficient (Wildman–Crippen LogP) is 1.50. The van der Waals surface area contributed by atoms with Crippen molar-refractivity contribution >= 4 is 6.09 Å². The lowest BCUT2D eigenvalue weighted by atomic mass is 10.1. The zero-order valence-corrected chi connectivity index (χ0v) is 10.6. The number of nitrogens with one attached hydrogen (secondary N) is 1. The second-order valence-electron chi connectivity index (χ2n) is 4.55. The van der Waals surface area contributed by atoms with Gasteiger partial charge in [-0.05, 0) is 19.9 Å². The van der Waals surface area contributed by atoms with Crippen LogP contribution in [0, 0.1) is 6.92 Å².